The summed E-state index contributed by atoms with van der Waals surface area (Å²) >= 11 is 0. The number of pyridine rings is 1. The summed E-state index contributed by atoms with van der Waals surface area (Å²) in [6.07, 6.45) is 1.92. The van der Waals surface area contributed by atoms with Crippen molar-refractivity contribution in [3.8, 4) is 5.75 Å². The fourth-order valence-electron chi connectivity index (χ4n) is 4.60. The van der Waals surface area contributed by atoms with Crippen LogP contribution in [-0.2, 0) is 16.0 Å². The summed E-state index contributed by atoms with van der Waals surface area (Å²) in [5.74, 6) is -0.180. The van der Waals surface area contributed by atoms with Crippen molar-refractivity contribution in [3.05, 3.63) is 71.4 Å². The molecule has 0 unspecified atom stereocenters. The molecule has 0 aliphatic heterocycles. The third-order valence-corrected chi connectivity index (χ3v) is 6.45. The van der Waals surface area contributed by atoms with E-state index in [1.54, 1.807) is 29.7 Å². The highest BCUT2D eigenvalue weighted by Crippen LogP contribution is 2.30. The largest absolute Gasteiger partial charge is 0.493 e. The summed E-state index contributed by atoms with van der Waals surface area (Å²) in [5.41, 5.74) is 4.28. The zero-order chi connectivity index (χ0) is 24.8. The molecule has 35 heavy (non-hydrogen) atoms. The van der Waals surface area contributed by atoms with E-state index >= 15 is 0 Å². The van der Waals surface area contributed by atoms with Gasteiger partial charge >= 0.3 is 0 Å². The van der Waals surface area contributed by atoms with Gasteiger partial charge in [-0.05, 0) is 61.7 Å². The van der Waals surface area contributed by atoms with Gasteiger partial charge in [-0.2, -0.15) is 0 Å². The molecule has 1 aliphatic rings. The number of carbonyl (C=O) groups is 3. The number of aromatic nitrogens is 1. The molecule has 0 atom stereocenters. The number of Topliss-reactive ketones (excluding diaryl/α,β-unsaturated/α-hetero) is 1. The molecule has 4 rings (SSSR count). The van der Waals surface area contributed by atoms with Crippen molar-refractivity contribution in [1.29, 1.82) is 0 Å². The Kier molecular flexibility index (Phi) is 7.41. The minimum atomic E-state index is -0.863. The van der Waals surface area contributed by atoms with E-state index in [1.165, 1.54) is 5.56 Å². The Morgan fingerprint density at radius 1 is 1.09 bits per heavy atom. The maximum atomic E-state index is 12.9. The number of ketones is 1. The van der Waals surface area contributed by atoms with Crippen LogP contribution in [-0.4, -0.2) is 39.9 Å². The summed E-state index contributed by atoms with van der Waals surface area (Å²) in [7, 11) is 0. The van der Waals surface area contributed by atoms with Gasteiger partial charge in [0.05, 0.1) is 24.1 Å². The SMILES string of the molecule is Cc1cc(CCOc2ccc(C(=O)NC3(CC(=O)NO)CCC(=O)CC3)cc2)c2ccccc2n1. The maximum absolute atomic E-state index is 12.9. The second-order valence-corrected chi connectivity index (χ2v) is 9.05. The van der Waals surface area contributed by atoms with Crippen LogP contribution in [0.5, 0.6) is 5.75 Å². The average molecular weight is 476 g/mol. The lowest BCUT2D eigenvalue weighted by atomic mass is 9.78. The van der Waals surface area contributed by atoms with Gasteiger partial charge in [0.1, 0.15) is 11.5 Å². The fraction of sp³-hybridized carbons (Fsp3) is 0.333. The normalized spacial score (nSPS) is 15.0. The minimum absolute atomic E-state index is 0.0904. The average Bonchev–Trinajstić information content (AvgIpc) is 2.86. The second-order valence-electron chi connectivity index (χ2n) is 9.05. The van der Waals surface area contributed by atoms with E-state index in [2.05, 4.69) is 22.4 Å². The van der Waals surface area contributed by atoms with Crippen LogP contribution in [0.2, 0.25) is 0 Å². The first-order valence-electron chi connectivity index (χ1n) is 11.7. The van der Waals surface area contributed by atoms with Gasteiger partial charge in [-0.15, -0.1) is 0 Å². The standard InChI is InChI=1S/C27H29N3O5/c1-18-16-20(23-4-2-3-5-24(23)28-18)12-15-35-22-8-6-19(7-9-22)26(33)29-27(17-25(32)30-34)13-10-21(31)11-14-27/h2-9,16,34H,10-15,17H2,1H3,(H,29,33)(H,30,32). The topological polar surface area (TPSA) is 118 Å². The van der Waals surface area contributed by atoms with Gasteiger partial charge in [0.25, 0.3) is 5.91 Å². The molecule has 2 aromatic carbocycles. The molecule has 1 fully saturated rings. The summed E-state index contributed by atoms with van der Waals surface area (Å²) < 4.78 is 5.91. The van der Waals surface area contributed by atoms with Crippen LogP contribution in [0.1, 0.15) is 53.7 Å². The quantitative estimate of drug-likeness (QED) is 0.338. The van der Waals surface area contributed by atoms with Crippen molar-refractivity contribution in [2.75, 3.05) is 6.61 Å². The number of fused-ring (bicyclic) bond motifs is 1. The van der Waals surface area contributed by atoms with E-state index < -0.39 is 11.4 Å². The van der Waals surface area contributed by atoms with Crippen molar-refractivity contribution >= 4 is 28.5 Å². The smallest absolute Gasteiger partial charge is 0.251 e. The van der Waals surface area contributed by atoms with Crippen LogP contribution in [0.15, 0.2) is 54.6 Å². The van der Waals surface area contributed by atoms with E-state index in [1.807, 2.05) is 25.1 Å². The molecule has 0 spiro atoms. The summed E-state index contributed by atoms with van der Waals surface area (Å²) in [4.78, 5) is 41.0. The first-order valence-corrected chi connectivity index (χ1v) is 11.7. The molecule has 1 saturated carbocycles. The predicted octanol–water partition coefficient (Wildman–Crippen LogP) is 3.67. The molecule has 1 aromatic heterocycles. The number of rotatable bonds is 8. The third-order valence-electron chi connectivity index (χ3n) is 6.45. The van der Waals surface area contributed by atoms with Crippen LogP contribution in [0.25, 0.3) is 10.9 Å². The van der Waals surface area contributed by atoms with Crippen LogP contribution in [0, 0.1) is 6.92 Å². The molecular weight excluding hydrogens is 446 g/mol. The molecule has 182 valence electrons. The first-order chi connectivity index (χ1) is 16.9. The van der Waals surface area contributed by atoms with E-state index in [0.717, 1.165) is 23.0 Å². The lowest BCUT2D eigenvalue weighted by molar-refractivity contribution is -0.132. The number of carbonyl (C=O) groups excluding carboxylic acids is 3. The molecule has 0 bridgehead atoms. The zero-order valence-corrected chi connectivity index (χ0v) is 19.7. The van der Waals surface area contributed by atoms with Crippen LogP contribution < -0.4 is 15.5 Å². The minimum Gasteiger partial charge on any atom is -0.493 e. The Morgan fingerprint density at radius 3 is 2.51 bits per heavy atom. The molecule has 1 heterocycles. The summed E-state index contributed by atoms with van der Waals surface area (Å²) in [6, 6.07) is 16.9. The fourth-order valence-corrected chi connectivity index (χ4v) is 4.60. The van der Waals surface area contributed by atoms with Gasteiger partial charge in [-0.3, -0.25) is 24.6 Å². The van der Waals surface area contributed by atoms with Crippen molar-refractivity contribution in [3.63, 3.8) is 0 Å². The second kappa shape index (κ2) is 10.7. The highest BCUT2D eigenvalue weighted by Gasteiger charge is 2.38. The third kappa shape index (κ3) is 6.02. The van der Waals surface area contributed by atoms with Crippen molar-refractivity contribution in [2.45, 2.75) is 51.0 Å². The molecule has 3 N–H and O–H groups in total. The van der Waals surface area contributed by atoms with Gasteiger partial charge in [0, 0.05) is 35.9 Å². The number of aryl methyl sites for hydroxylation is 1. The molecule has 1 aliphatic carbocycles. The number of benzene rings is 2. The molecular formula is C27H29N3O5. The molecule has 8 nitrogen and oxygen atoms in total. The number of amides is 2. The van der Waals surface area contributed by atoms with E-state index in [-0.39, 0.29) is 31.0 Å². The first kappa shape index (κ1) is 24.3. The number of nitrogens with zero attached hydrogens (tertiary/aromatic N) is 1. The Balaban J connectivity index is 1.37. The van der Waals surface area contributed by atoms with E-state index in [9.17, 15) is 14.4 Å². The molecule has 8 heteroatoms. The van der Waals surface area contributed by atoms with Crippen LogP contribution in [0.4, 0.5) is 0 Å². The number of hydrogen-bond acceptors (Lipinski definition) is 6. The monoisotopic (exact) mass is 475 g/mol. The number of nitrogens with one attached hydrogen (secondary N) is 2. The Bertz CT molecular complexity index is 1230. The van der Waals surface area contributed by atoms with Crippen molar-refractivity contribution in [1.82, 2.24) is 15.8 Å². The molecule has 0 saturated heterocycles. The van der Waals surface area contributed by atoms with Gasteiger partial charge in [0.2, 0.25) is 5.91 Å². The lowest BCUT2D eigenvalue weighted by Gasteiger charge is -2.37. The van der Waals surface area contributed by atoms with Crippen LogP contribution in [0.3, 0.4) is 0 Å². The van der Waals surface area contributed by atoms with Gasteiger partial charge in [-0.1, -0.05) is 18.2 Å². The van der Waals surface area contributed by atoms with E-state index in [0.29, 0.717) is 30.8 Å². The number of hydroxylamine groups is 1. The Labute approximate surface area is 203 Å². The maximum Gasteiger partial charge on any atom is 0.251 e. The zero-order valence-electron chi connectivity index (χ0n) is 19.7. The van der Waals surface area contributed by atoms with Gasteiger partial charge in [-0.25, -0.2) is 5.48 Å². The molecule has 3 aromatic rings. The molecule has 2 amide bonds. The predicted molar refractivity (Wildman–Crippen MR) is 130 cm³/mol. The summed E-state index contributed by atoms with van der Waals surface area (Å²) in [6.45, 7) is 2.46. The Hall–Kier alpha value is -3.78. The summed E-state index contributed by atoms with van der Waals surface area (Å²) in [5, 5.41) is 13.0. The Morgan fingerprint density at radius 2 is 1.80 bits per heavy atom. The van der Waals surface area contributed by atoms with E-state index in [4.69, 9.17) is 9.94 Å². The number of hydrogen-bond donors (Lipinski definition) is 3. The lowest BCUT2D eigenvalue weighted by Crippen LogP contribution is -2.53. The number of ether oxygens (including phenoxy) is 1. The van der Waals surface area contributed by atoms with Crippen molar-refractivity contribution < 1.29 is 24.3 Å². The van der Waals surface area contributed by atoms with Gasteiger partial charge in [0.15, 0.2) is 0 Å². The van der Waals surface area contributed by atoms with Crippen LogP contribution >= 0.6 is 0 Å². The van der Waals surface area contributed by atoms with Gasteiger partial charge < -0.3 is 10.1 Å². The number of para-hydroxylation sites is 1. The highest BCUT2D eigenvalue weighted by molar-refractivity contribution is 5.95. The molecule has 0 radical (unpaired) electrons. The highest BCUT2D eigenvalue weighted by atomic mass is 16.5. The van der Waals surface area contributed by atoms with Crippen molar-refractivity contribution in [2.24, 2.45) is 0 Å².